The lowest BCUT2D eigenvalue weighted by Crippen LogP contribution is -2.34. The second-order valence-corrected chi connectivity index (χ2v) is 6.60. The molecule has 0 unspecified atom stereocenters. The Hall–Kier alpha value is -3.41. The van der Waals surface area contributed by atoms with Gasteiger partial charge in [0.05, 0.1) is 23.9 Å². The van der Waals surface area contributed by atoms with Crippen molar-refractivity contribution in [1.29, 1.82) is 0 Å². The quantitative estimate of drug-likeness (QED) is 0.412. The second-order valence-electron chi connectivity index (χ2n) is 6.60. The van der Waals surface area contributed by atoms with Crippen LogP contribution in [0.25, 0.3) is 10.9 Å². The van der Waals surface area contributed by atoms with E-state index in [1.54, 1.807) is 23.6 Å². The SMILES string of the molecule is C=CCn1c(N(CCC(=O)OCC)Cc2ccccc2)nc2ccccc2c1=O. The Bertz CT molecular complexity index is 1040. The molecule has 0 N–H and O–H groups in total. The van der Waals surface area contributed by atoms with Crippen LogP contribution in [0.3, 0.4) is 0 Å². The number of benzene rings is 2. The fraction of sp³-hybridized carbons (Fsp3) is 0.261. The highest BCUT2D eigenvalue weighted by Gasteiger charge is 2.18. The summed E-state index contributed by atoms with van der Waals surface area (Å²) in [6.07, 6.45) is 1.88. The van der Waals surface area contributed by atoms with E-state index in [-0.39, 0.29) is 17.9 Å². The second kappa shape index (κ2) is 9.68. The molecule has 0 fully saturated rings. The summed E-state index contributed by atoms with van der Waals surface area (Å²) in [7, 11) is 0. The lowest BCUT2D eigenvalue weighted by Gasteiger charge is -2.26. The number of allylic oxidation sites excluding steroid dienone is 1. The molecule has 0 aliphatic heterocycles. The molecule has 0 amide bonds. The zero-order valence-electron chi connectivity index (χ0n) is 16.6. The summed E-state index contributed by atoms with van der Waals surface area (Å²) < 4.78 is 6.68. The molecule has 0 aliphatic rings. The van der Waals surface area contributed by atoms with E-state index >= 15 is 0 Å². The molecule has 0 aliphatic carbocycles. The van der Waals surface area contributed by atoms with E-state index < -0.39 is 0 Å². The molecular weight excluding hydrogens is 366 g/mol. The van der Waals surface area contributed by atoms with Gasteiger partial charge in [-0.2, -0.15) is 0 Å². The third kappa shape index (κ3) is 4.90. The van der Waals surface area contributed by atoms with Crippen molar-refractivity contribution in [3.05, 3.63) is 83.2 Å². The zero-order chi connectivity index (χ0) is 20.6. The topological polar surface area (TPSA) is 64.4 Å². The van der Waals surface area contributed by atoms with Gasteiger partial charge in [0, 0.05) is 19.6 Å². The summed E-state index contributed by atoms with van der Waals surface area (Å²) in [4.78, 5) is 31.8. The number of hydrogen-bond donors (Lipinski definition) is 0. The van der Waals surface area contributed by atoms with Crippen LogP contribution in [-0.4, -0.2) is 28.7 Å². The number of esters is 1. The molecule has 2 aromatic carbocycles. The molecule has 0 radical (unpaired) electrons. The molecular formula is C23H25N3O3. The minimum atomic E-state index is -0.274. The van der Waals surface area contributed by atoms with Gasteiger partial charge in [-0.1, -0.05) is 48.5 Å². The minimum absolute atomic E-state index is 0.125. The highest BCUT2D eigenvalue weighted by Crippen LogP contribution is 2.18. The average molecular weight is 391 g/mol. The van der Waals surface area contributed by atoms with Crippen molar-refractivity contribution in [2.24, 2.45) is 0 Å². The zero-order valence-corrected chi connectivity index (χ0v) is 16.6. The molecule has 150 valence electrons. The number of rotatable bonds is 9. The fourth-order valence-electron chi connectivity index (χ4n) is 3.20. The molecule has 0 bridgehead atoms. The third-order valence-corrected chi connectivity index (χ3v) is 4.54. The molecule has 6 heteroatoms. The van der Waals surface area contributed by atoms with E-state index in [1.807, 2.05) is 53.4 Å². The number of carbonyl (C=O) groups excluding carboxylic acids is 1. The van der Waals surface area contributed by atoms with E-state index in [0.717, 1.165) is 5.56 Å². The van der Waals surface area contributed by atoms with Crippen LogP contribution in [0.2, 0.25) is 0 Å². The van der Waals surface area contributed by atoms with Crippen molar-refractivity contribution in [3.8, 4) is 0 Å². The molecule has 0 saturated heterocycles. The maximum Gasteiger partial charge on any atom is 0.307 e. The molecule has 0 atom stereocenters. The Balaban J connectivity index is 2.06. The van der Waals surface area contributed by atoms with Gasteiger partial charge in [-0.25, -0.2) is 4.98 Å². The van der Waals surface area contributed by atoms with Gasteiger partial charge in [0.25, 0.3) is 5.56 Å². The van der Waals surface area contributed by atoms with Gasteiger partial charge in [0.2, 0.25) is 5.95 Å². The number of nitrogens with zero attached hydrogens (tertiary/aromatic N) is 3. The number of ether oxygens (including phenoxy) is 1. The molecule has 29 heavy (non-hydrogen) atoms. The number of carbonyl (C=O) groups is 1. The van der Waals surface area contributed by atoms with Crippen molar-refractivity contribution in [2.75, 3.05) is 18.1 Å². The van der Waals surface area contributed by atoms with Crippen molar-refractivity contribution >= 4 is 22.8 Å². The van der Waals surface area contributed by atoms with Crippen LogP contribution in [0, 0.1) is 0 Å². The predicted octanol–water partition coefficient (Wildman–Crippen LogP) is 3.54. The van der Waals surface area contributed by atoms with Gasteiger partial charge >= 0.3 is 5.97 Å². The predicted molar refractivity (Wildman–Crippen MR) is 115 cm³/mol. The number of para-hydroxylation sites is 1. The lowest BCUT2D eigenvalue weighted by molar-refractivity contribution is -0.142. The van der Waals surface area contributed by atoms with Crippen LogP contribution in [0.15, 0.2) is 72.0 Å². The molecule has 1 heterocycles. The Kier molecular flexibility index (Phi) is 6.79. The third-order valence-electron chi connectivity index (χ3n) is 4.54. The first-order valence-corrected chi connectivity index (χ1v) is 9.69. The maximum absolute atomic E-state index is 13.1. The Labute approximate surface area is 170 Å². The molecule has 6 nitrogen and oxygen atoms in total. The van der Waals surface area contributed by atoms with E-state index in [2.05, 4.69) is 6.58 Å². The van der Waals surface area contributed by atoms with E-state index in [0.29, 0.717) is 43.1 Å². The Morgan fingerprint density at radius 1 is 1.17 bits per heavy atom. The van der Waals surface area contributed by atoms with Gasteiger partial charge in [0.1, 0.15) is 0 Å². The molecule has 0 saturated carbocycles. The van der Waals surface area contributed by atoms with Crippen LogP contribution in [-0.2, 0) is 22.6 Å². The van der Waals surface area contributed by atoms with Crippen molar-refractivity contribution in [2.45, 2.75) is 26.4 Å². The van der Waals surface area contributed by atoms with Crippen LogP contribution < -0.4 is 10.5 Å². The average Bonchev–Trinajstić information content (AvgIpc) is 2.74. The summed E-state index contributed by atoms with van der Waals surface area (Å²) in [6.45, 7) is 7.13. The van der Waals surface area contributed by atoms with Crippen LogP contribution >= 0.6 is 0 Å². The lowest BCUT2D eigenvalue weighted by atomic mass is 10.2. The van der Waals surface area contributed by atoms with Crippen molar-refractivity contribution in [3.63, 3.8) is 0 Å². The van der Waals surface area contributed by atoms with Crippen LogP contribution in [0.4, 0.5) is 5.95 Å². The van der Waals surface area contributed by atoms with E-state index in [9.17, 15) is 9.59 Å². The standard InChI is InChI=1S/C23H25N3O3/c1-3-15-26-22(28)19-12-8-9-13-20(19)24-23(26)25(16-14-21(27)29-4-2)17-18-10-6-5-7-11-18/h3,5-13H,1,4,14-17H2,2H3. The molecule has 0 spiro atoms. The maximum atomic E-state index is 13.1. The summed E-state index contributed by atoms with van der Waals surface area (Å²) in [5, 5.41) is 0.558. The first-order chi connectivity index (χ1) is 14.1. The first-order valence-electron chi connectivity index (χ1n) is 9.69. The normalized spacial score (nSPS) is 10.7. The van der Waals surface area contributed by atoms with Crippen LogP contribution in [0.5, 0.6) is 0 Å². The monoisotopic (exact) mass is 391 g/mol. The Morgan fingerprint density at radius 2 is 1.90 bits per heavy atom. The molecule has 1 aromatic heterocycles. The summed E-state index contributed by atoms with van der Waals surface area (Å²) in [6, 6.07) is 17.2. The first kappa shape index (κ1) is 20.3. The number of aromatic nitrogens is 2. The highest BCUT2D eigenvalue weighted by atomic mass is 16.5. The van der Waals surface area contributed by atoms with Gasteiger partial charge < -0.3 is 9.64 Å². The highest BCUT2D eigenvalue weighted by molar-refractivity contribution is 5.78. The largest absolute Gasteiger partial charge is 0.466 e. The number of fused-ring (bicyclic) bond motifs is 1. The fourth-order valence-corrected chi connectivity index (χ4v) is 3.20. The molecule has 3 aromatic rings. The van der Waals surface area contributed by atoms with Crippen molar-refractivity contribution < 1.29 is 9.53 Å². The summed E-state index contributed by atoms with van der Waals surface area (Å²) in [5.74, 6) is 0.241. The van der Waals surface area contributed by atoms with Gasteiger partial charge in [0.15, 0.2) is 0 Å². The van der Waals surface area contributed by atoms with Gasteiger partial charge in [-0.05, 0) is 24.6 Å². The summed E-state index contributed by atoms with van der Waals surface area (Å²) in [5.41, 5.74) is 1.56. The van der Waals surface area contributed by atoms with Gasteiger partial charge in [-0.15, -0.1) is 6.58 Å². The van der Waals surface area contributed by atoms with Crippen molar-refractivity contribution in [1.82, 2.24) is 9.55 Å². The minimum Gasteiger partial charge on any atom is -0.466 e. The number of anilines is 1. The van der Waals surface area contributed by atoms with E-state index in [1.165, 1.54) is 0 Å². The summed E-state index contributed by atoms with van der Waals surface area (Å²) >= 11 is 0. The molecule has 3 rings (SSSR count). The van der Waals surface area contributed by atoms with Gasteiger partial charge in [-0.3, -0.25) is 14.2 Å². The number of hydrogen-bond acceptors (Lipinski definition) is 5. The smallest absolute Gasteiger partial charge is 0.307 e. The van der Waals surface area contributed by atoms with Crippen LogP contribution in [0.1, 0.15) is 18.9 Å². The van der Waals surface area contributed by atoms with E-state index in [4.69, 9.17) is 9.72 Å². The Morgan fingerprint density at radius 3 is 2.62 bits per heavy atom.